The smallest absolute Gasteiger partial charge is 0.252 e. The zero-order valence-electron chi connectivity index (χ0n) is 16.4. The summed E-state index contributed by atoms with van der Waals surface area (Å²) in [5, 5.41) is 6.47. The number of rotatable bonds is 5. The molecule has 2 aromatic carbocycles. The third-order valence-electron chi connectivity index (χ3n) is 4.62. The average molecular weight is 396 g/mol. The summed E-state index contributed by atoms with van der Waals surface area (Å²) in [6.07, 6.45) is 1.70. The first-order chi connectivity index (χ1) is 14.6. The molecule has 4 aromatic rings. The van der Waals surface area contributed by atoms with Crippen molar-refractivity contribution in [1.82, 2.24) is 15.3 Å². The van der Waals surface area contributed by atoms with Gasteiger partial charge in [0.1, 0.15) is 0 Å². The molecule has 0 aliphatic rings. The largest absolute Gasteiger partial charge is 0.346 e. The Labute approximate surface area is 174 Å². The molecule has 2 aromatic heterocycles. The van der Waals surface area contributed by atoms with Gasteiger partial charge in [0.2, 0.25) is 5.91 Å². The van der Waals surface area contributed by atoms with Crippen molar-refractivity contribution in [2.45, 2.75) is 13.5 Å². The molecule has 6 nitrogen and oxygen atoms in total. The highest BCUT2D eigenvalue weighted by Crippen LogP contribution is 2.26. The van der Waals surface area contributed by atoms with E-state index in [2.05, 4.69) is 15.6 Å². The Morgan fingerprint density at radius 2 is 1.70 bits per heavy atom. The number of carbonyl (C=O) groups excluding carboxylic acids is 2. The van der Waals surface area contributed by atoms with Crippen molar-refractivity contribution in [2.75, 3.05) is 5.32 Å². The highest BCUT2D eigenvalue weighted by Gasteiger charge is 2.14. The van der Waals surface area contributed by atoms with Crippen LogP contribution in [0.3, 0.4) is 0 Å². The van der Waals surface area contributed by atoms with Gasteiger partial charge < -0.3 is 10.6 Å². The van der Waals surface area contributed by atoms with Gasteiger partial charge in [-0.05, 0) is 36.4 Å². The maximum atomic E-state index is 13.0. The first kappa shape index (κ1) is 19.3. The number of pyridine rings is 2. The molecule has 0 unspecified atom stereocenters. The summed E-state index contributed by atoms with van der Waals surface area (Å²) >= 11 is 0. The number of hydrogen-bond donors (Lipinski definition) is 2. The van der Waals surface area contributed by atoms with Gasteiger partial charge >= 0.3 is 0 Å². The topological polar surface area (TPSA) is 84.0 Å². The Bertz CT molecular complexity index is 1210. The molecule has 0 saturated carbocycles. The predicted molar refractivity (Wildman–Crippen MR) is 117 cm³/mol. The zero-order valence-corrected chi connectivity index (χ0v) is 16.4. The summed E-state index contributed by atoms with van der Waals surface area (Å²) < 4.78 is 0. The maximum absolute atomic E-state index is 13.0. The Morgan fingerprint density at radius 3 is 2.43 bits per heavy atom. The molecule has 2 amide bonds. The zero-order chi connectivity index (χ0) is 20.9. The lowest BCUT2D eigenvalue weighted by atomic mass is 10.0. The molecule has 0 radical (unpaired) electrons. The molecule has 0 aliphatic carbocycles. The minimum Gasteiger partial charge on any atom is -0.346 e. The van der Waals surface area contributed by atoms with Crippen LogP contribution in [0.25, 0.3) is 22.2 Å². The Hall–Kier alpha value is -4.06. The van der Waals surface area contributed by atoms with Crippen molar-refractivity contribution in [2.24, 2.45) is 0 Å². The molecule has 2 heterocycles. The quantitative estimate of drug-likeness (QED) is 0.530. The number of aromatic nitrogens is 2. The second kappa shape index (κ2) is 8.53. The minimum absolute atomic E-state index is 0.126. The second-order valence-electron chi connectivity index (χ2n) is 6.83. The van der Waals surface area contributed by atoms with Crippen molar-refractivity contribution >= 4 is 28.4 Å². The van der Waals surface area contributed by atoms with Crippen LogP contribution < -0.4 is 10.6 Å². The summed E-state index contributed by atoms with van der Waals surface area (Å²) in [4.78, 5) is 33.2. The number of anilines is 1. The molecule has 0 fully saturated rings. The normalized spacial score (nSPS) is 10.6. The lowest BCUT2D eigenvalue weighted by Gasteiger charge is -2.11. The van der Waals surface area contributed by atoms with E-state index in [-0.39, 0.29) is 11.8 Å². The molecule has 0 atom stereocenters. The monoisotopic (exact) mass is 396 g/mol. The van der Waals surface area contributed by atoms with E-state index in [4.69, 9.17) is 4.98 Å². The van der Waals surface area contributed by atoms with Crippen LogP contribution in [0, 0.1) is 0 Å². The third kappa shape index (κ3) is 4.33. The van der Waals surface area contributed by atoms with Crippen LogP contribution in [0.2, 0.25) is 0 Å². The lowest BCUT2D eigenvalue weighted by molar-refractivity contribution is -0.114. The fourth-order valence-corrected chi connectivity index (χ4v) is 3.21. The number of fused-ring (bicyclic) bond motifs is 1. The highest BCUT2D eigenvalue weighted by molar-refractivity contribution is 6.07. The summed E-state index contributed by atoms with van der Waals surface area (Å²) in [5.74, 6) is -0.311. The average Bonchev–Trinajstić information content (AvgIpc) is 2.77. The molecule has 0 saturated heterocycles. The number of nitrogens with zero attached hydrogens (tertiary/aromatic N) is 2. The fraction of sp³-hybridized carbons (Fsp3) is 0.0833. The molecular formula is C24H20N4O2. The Morgan fingerprint density at radius 1 is 0.933 bits per heavy atom. The number of para-hydroxylation sites is 1. The van der Waals surface area contributed by atoms with Crippen LogP contribution in [0.15, 0.2) is 79.0 Å². The SMILES string of the molecule is CC(=O)Nc1ccc(-c2cc(C(=O)NCc3ccccn3)c3ccccc3n2)cc1. The van der Waals surface area contributed by atoms with Crippen LogP contribution in [-0.4, -0.2) is 21.8 Å². The van der Waals surface area contributed by atoms with Gasteiger partial charge in [-0.25, -0.2) is 4.98 Å². The van der Waals surface area contributed by atoms with E-state index < -0.39 is 0 Å². The molecule has 2 N–H and O–H groups in total. The molecule has 30 heavy (non-hydrogen) atoms. The Kier molecular flexibility index (Phi) is 5.48. The maximum Gasteiger partial charge on any atom is 0.252 e. The number of benzene rings is 2. The van der Waals surface area contributed by atoms with Gasteiger partial charge in [0.05, 0.1) is 29.0 Å². The molecule has 0 spiro atoms. The first-order valence-electron chi connectivity index (χ1n) is 9.56. The van der Waals surface area contributed by atoms with Crippen molar-refractivity contribution in [3.05, 3.63) is 90.3 Å². The molecular weight excluding hydrogens is 376 g/mol. The molecule has 6 heteroatoms. The fourth-order valence-electron chi connectivity index (χ4n) is 3.21. The predicted octanol–water partition coefficient (Wildman–Crippen LogP) is 4.19. The standard InChI is InChI=1S/C24H20N4O2/c1-16(29)27-18-11-9-17(10-12-18)23-14-21(20-7-2-3-8-22(20)28-23)24(30)26-15-19-6-4-5-13-25-19/h2-14H,15H2,1H3,(H,26,30)(H,27,29). The van der Waals surface area contributed by atoms with E-state index in [0.717, 1.165) is 22.2 Å². The van der Waals surface area contributed by atoms with Gasteiger partial charge in [0.25, 0.3) is 5.91 Å². The van der Waals surface area contributed by atoms with Crippen molar-refractivity contribution < 1.29 is 9.59 Å². The van der Waals surface area contributed by atoms with Crippen molar-refractivity contribution in [1.29, 1.82) is 0 Å². The van der Waals surface area contributed by atoms with Crippen LogP contribution in [0.1, 0.15) is 23.0 Å². The van der Waals surface area contributed by atoms with Crippen LogP contribution in [0.5, 0.6) is 0 Å². The van der Waals surface area contributed by atoms with Gasteiger partial charge in [-0.1, -0.05) is 36.4 Å². The van der Waals surface area contributed by atoms with Crippen LogP contribution in [0.4, 0.5) is 5.69 Å². The van der Waals surface area contributed by atoms with E-state index >= 15 is 0 Å². The van der Waals surface area contributed by atoms with Gasteiger partial charge in [-0.2, -0.15) is 0 Å². The summed E-state index contributed by atoms with van der Waals surface area (Å²) in [6, 6.07) is 22.3. The summed E-state index contributed by atoms with van der Waals surface area (Å²) in [5.41, 5.74) is 4.33. The lowest BCUT2D eigenvalue weighted by Crippen LogP contribution is -2.23. The molecule has 148 valence electrons. The van der Waals surface area contributed by atoms with Gasteiger partial charge in [-0.15, -0.1) is 0 Å². The molecule has 0 bridgehead atoms. The van der Waals surface area contributed by atoms with Crippen LogP contribution in [-0.2, 0) is 11.3 Å². The van der Waals surface area contributed by atoms with Gasteiger partial charge in [0, 0.05) is 29.8 Å². The summed E-state index contributed by atoms with van der Waals surface area (Å²) in [7, 11) is 0. The Balaban J connectivity index is 1.67. The van der Waals surface area contributed by atoms with E-state index in [0.29, 0.717) is 23.5 Å². The van der Waals surface area contributed by atoms with Gasteiger partial charge in [-0.3, -0.25) is 14.6 Å². The van der Waals surface area contributed by atoms with Crippen molar-refractivity contribution in [3.8, 4) is 11.3 Å². The third-order valence-corrected chi connectivity index (χ3v) is 4.62. The number of nitrogens with one attached hydrogen (secondary N) is 2. The van der Waals surface area contributed by atoms with Crippen LogP contribution >= 0.6 is 0 Å². The molecule has 4 rings (SSSR count). The number of carbonyl (C=O) groups is 2. The van der Waals surface area contributed by atoms with E-state index in [1.807, 2.05) is 66.7 Å². The van der Waals surface area contributed by atoms with E-state index in [1.54, 1.807) is 12.3 Å². The molecule has 0 aliphatic heterocycles. The highest BCUT2D eigenvalue weighted by atomic mass is 16.2. The van der Waals surface area contributed by atoms with E-state index in [9.17, 15) is 9.59 Å². The van der Waals surface area contributed by atoms with Gasteiger partial charge in [0.15, 0.2) is 0 Å². The second-order valence-corrected chi connectivity index (χ2v) is 6.83. The minimum atomic E-state index is -0.185. The number of amides is 2. The number of hydrogen-bond acceptors (Lipinski definition) is 4. The van der Waals surface area contributed by atoms with E-state index in [1.165, 1.54) is 6.92 Å². The summed E-state index contributed by atoms with van der Waals surface area (Å²) in [6.45, 7) is 1.81. The van der Waals surface area contributed by atoms with Crippen molar-refractivity contribution in [3.63, 3.8) is 0 Å². The first-order valence-corrected chi connectivity index (χ1v) is 9.56.